The van der Waals surface area contributed by atoms with Gasteiger partial charge in [-0.05, 0) is 43.5 Å². The molecule has 0 heterocycles. The number of nitrogens with one attached hydrogen (secondary N) is 2. The number of halogens is 1. The van der Waals surface area contributed by atoms with Gasteiger partial charge < -0.3 is 10.6 Å². The zero-order valence-corrected chi connectivity index (χ0v) is 14.3. The molecular weight excluding hydrogens is 328 g/mol. The Kier molecular flexibility index (Phi) is 6.71. The lowest BCUT2D eigenvalue weighted by atomic mass is 10.1. The standard InChI is InChI=1S/C17H25BrN2O/c1-13-12-14(18)8-9-16(13)17(21)20-11-10-19-15-6-4-2-3-5-7-15/h8-9,12,15,19H,2-7,10-11H2,1H3,(H,20,21). The number of benzene rings is 1. The summed E-state index contributed by atoms with van der Waals surface area (Å²) in [4.78, 5) is 12.1. The lowest BCUT2D eigenvalue weighted by Gasteiger charge is -2.16. The van der Waals surface area contributed by atoms with Crippen LogP contribution < -0.4 is 10.6 Å². The van der Waals surface area contributed by atoms with E-state index >= 15 is 0 Å². The Balaban J connectivity index is 1.71. The summed E-state index contributed by atoms with van der Waals surface area (Å²) in [6, 6.07) is 6.39. The van der Waals surface area contributed by atoms with Crippen LogP contribution >= 0.6 is 15.9 Å². The van der Waals surface area contributed by atoms with Gasteiger partial charge in [-0.3, -0.25) is 4.79 Å². The van der Waals surface area contributed by atoms with Gasteiger partial charge >= 0.3 is 0 Å². The Morgan fingerprint density at radius 3 is 2.57 bits per heavy atom. The van der Waals surface area contributed by atoms with E-state index < -0.39 is 0 Å². The molecule has 4 heteroatoms. The maximum absolute atomic E-state index is 12.1. The molecule has 0 spiro atoms. The summed E-state index contributed by atoms with van der Waals surface area (Å²) in [7, 11) is 0. The molecule has 1 amide bonds. The zero-order chi connectivity index (χ0) is 15.1. The fraction of sp³-hybridized carbons (Fsp3) is 0.588. The highest BCUT2D eigenvalue weighted by Gasteiger charge is 2.12. The Morgan fingerprint density at radius 1 is 1.19 bits per heavy atom. The van der Waals surface area contributed by atoms with Crippen LogP contribution in [0.4, 0.5) is 0 Å². The lowest BCUT2D eigenvalue weighted by Crippen LogP contribution is -2.37. The molecule has 0 radical (unpaired) electrons. The van der Waals surface area contributed by atoms with E-state index in [1.54, 1.807) is 0 Å². The van der Waals surface area contributed by atoms with Crippen LogP contribution in [-0.4, -0.2) is 25.0 Å². The van der Waals surface area contributed by atoms with Gasteiger partial charge in [0.1, 0.15) is 0 Å². The quantitative estimate of drug-likeness (QED) is 0.625. The van der Waals surface area contributed by atoms with Crippen molar-refractivity contribution in [2.75, 3.05) is 13.1 Å². The Bertz CT molecular complexity index is 468. The van der Waals surface area contributed by atoms with Crippen molar-refractivity contribution in [2.24, 2.45) is 0 Å². The largest absolute Gasteiger partial charge is 0.351 e. The van der Waals surface area contributed by atoms with Gasteiger partial charge in [-0.1, -0.05) is 41.6 Å². The van der Waals surface area contributed by atoms with Crippen molar-refractivity contribution in [2.45, 2.75) is 51.5 Å². The maximum Gasteiger partial charge on any atom is 0.251 e. The van der Waals surface area contributed by atoms with Gasteiger partial charge in [-0.2, -0.15) is 0 Å². The Morgan fingerprint density at radius 2 is 1.90 bits per heavy atom. The molecule has 0 atom stereocenters. The third-order valence-corrected chi connectivity index (χ3v) is 4.63. The van der Waals surface area contributed by atoms with Crippen LogP contribution in [-0.2, 0) is 0 Å². The molecule has 0 aliphatic heterocycles. The summed E-state index contributed by atoms with van der Waals surface area (Å²) < 4.78 is 1.01. The second-order valence-corrected chi connectivity index (χ2v) is 6.77. The SMILES string of the molecule is Cc1cc(Br)ccc1C(=O)NCCNC1CCCCCC1. The molecule has 0 bridgehead atoms. The van der Waals surface area contributed by atoms with Gasteiger partial charge in [-0.15, -0.1) is 0 Å². The molecule has 1 aliphatic carbocycles. The summed E-state index contributed by atoms with van der Waals surface area (Å²) in [6.07, 6.45) is 7.97. The summed E-state index contributed by atoms with van der Waals surface area (Å²) >= 11 is 3.42. The van der Waals surface area contributed by atoms with Gasteiger partial charge in [0.15, 0.2) is 0 Å². The first-order chi connectivity index (χ1) is 10.2. The van der Waals surface area contributed by atoms with E-state index in [2.05, 4.69) is 26.6 Å². The molecule has 21 heavy (non-hydrogen) atoms. The van der Waals surface area contributed by atoms with Crippen molar-refractivity contribution in [3.8, 4) is 0 Å². The number of amides is 1. The Hall–Kier alpha value is -0.870. The first-order valence-corrected chi connectivity index (χ1v) is 8.74. The van der Waals surface area contributed by atoms with Crippen molar-refractivity contribution < 1.29 is 4.79 Å². The number of aryl methyl sites for hydroxylation is 1. The molecule has 1 saturated carbocycles. The fourth-order valence-electron chi connectivity index (χ4n) is 2.91. The molecule has 1 aromatic carbocycles. The predicted molar refractivity (Wildman–Crippen MR) is 90.7 cm³/mol. The van der Waals surface area contributed by atoms with Crippen molar-refractivity contribution in [1.29, 1.82) is 0 Å². The number of hydrogen-bond acceptors (Lipinski definition) is 2. The third kappa shape index (κ3) is 5.44. The first-order valence-electron chi connectivity index (χ1n) is 7.94. The van der Waals surface area contributed by atoms with Crippen molar-refractivity contribution >= 4 is 21.8 Å². The Labute approximate surface area is 136 Å². The molecule has 0 unspecified atom stereocenters. The van der Waals surface area contributed by atoms with Crippen molar-refractivity contribution in [3.63, 3.8) is 0 Å². The van der Waals surface area contributed by atoms with Crippen LogP contribution in [0.1, 0.15) is 54.4 Å². The molecule has 2 N–H and O–H groups in total. The van der Waals surface area contributed by atoms with Crippen LogP contribution in [0.3, 0.4) is 0 Å². The minimum Gasteiger partial charge on any atom is -0.351 e. The molecule has 0 saturated heterocycles. The van der Waals surface area contributed by atoms with E-state index in [0.717, 1.165) is 22.1 Å². The molecule has 0 aromatic heterocycles. The number of hydrogen-bond donors (Lipinski definition) is 2. The highest BCUT2D eigenvalue weighted by Crippen LogP contribution is 2.17. The van der Waals surface area contributed by atoms with Gasteiger partial charge in [0, 0.05) is 29.2 Å². The predicted octanol–water partition coefficient (Wildman–Crippen LogP) is 3.80. The van der Waals surface area contributed by atoms with Gasteiger partial charge in [0.2, 0.25) is 0 Å². The second kappa shape index (κ2) is 8.54. The van der Waals surface area contributed by atoms with Crippen molar-refractivity contribution in [1.82, 2.24) is 10.6 Å². The van der Waals surface area contributed by atoms with Gasteiger partial charge in [-0.25, -0.2) is 0 Å². The number of carbonyl (C=O) groups is 1. The molecule has 1 fully saturated rings. The van der Waals surface area contributed by atoms with Gasteiger partial charge in [0.05, 0.1) is 0 Å². The topological polar surface area (TPSA) is 41.1 Å². The summed E-state index contributed by atoms with van der Waals surface area (Å²) in [5.41, 5.74) is 1.76. The van der Waals surface area contributed by atoms with Crippen LogP contribution in [0.25, 0.3) is 0 Å². The van der Waals surface area contributed by atoms with Crippen LogP contribution in [0, 0.1) is 6.92 Å². The molecule has 1 aromatic rings. The van der Waals surface area contributed by atoms with E-state index in [9.17, 15) is 4.79 Å². The van der Waals surface area contributed by atoms with Crippen molar-refractivity contribution in [3.05, 3.63) is 33.8 Å². The zero-order valence-electron chi connectivity index (χ0n) is 12.8. The number of carbonyl (C=O) groups excluding carboxylic acids is 1. The smallest absolute Gasteiger partial charge is 0.251 e. The second-order valence-electron chi connectivity index (χ2n) is 5.86. The molecule has 2 rings (SSSR count). The van der Waals surface area contributed by atoms with Crippen LogP contribution in [0.2, 0.25) is 0 Å². The van der Waals surface area contributed by atoms with E-state index in [0.29, 0.717) is 12.6 Å². The average Bonchev–Trinajstić information content (AvgIpc) is 2.72. The highest BCUT2D eigenvalue weighted by atomic mass is 79.9. The lowest BCUT2D eigenvalue weighted by molar-refractivity contribution is 0.0953. The minimum absolute atomic E-state index is 0.0164. The number of rotatable bonds is 5. The fourth-order valence-corrected chi connectivity index (χ4v) is 3.39. The monoisotopic (exact) mass is 352 g/mol. The molecular formula is C17H25BrN2O. The molecule has 1 aliphatic rings. The first kappa shape index (κ1) is 16.5. The summed E-state index contributed by atoms with van der Waals surface area (Å²) in [5, 5.41) is 6.57. The molecule has 116 valence electrons. The van der Waals surface area contributed by atoms with E-state index in [-0.39, 0.29) is 5.91 Å². The minimum atomic E-state index is 0.0164. The van der Waals surface area contributed by atoms with Crippen LogP contribution in [0.5, 0.6) is 0 Å². The molecule has 3 nitrogen and oxygen atoms in total. The van der Waals surface area contributed by atoms with E-state index in [1.807, 2.05) is 25.1 Å². The highest BCUT2D eigenvalue weighted by molar-refractivity contribution is 9.10. The van der Waals surface area contributed by atoms with E-state index in [4.69, 9.17) is 0 Å². The third-order valence-electron chi connectivity index (χ3n) is 4.13. The summed E-state index contributed by atoms with van der Waals surface area (Å²) in [6.45, 7) is 3.50. The normalized spacial score (nSPS) is 16.5. The van der Waals surface area contributed by atoms with Gasteiger partial charge in [0.25, 0.3) is 5.91 Å². The summed E-state index contributed by atoms with van der Waals surface area (Å²) in [5.74, 6) is 0.0164. The average molecular weight is 353 g/mol. The van der Waals surface area contributed by atoms with E-state index in [1.165, 1.54) is 38.5 Å². The van der Waals surface area contributed by atoms with Crippen LogP contribution in [0.15, 0.2) is 22.7 Å². The maximum atomic E-state index is 12.1.